The number of aromatic amines is 1. The zero-order chi connectivity index (χ0) is 13.6. The fourth-order valence-corrected chi connectivity index (χ4v) is 3.81. The summed E-state index contributed by atoms with van der Waals surface area (Å²) in [5.41, 5.74) is 0.282. The molecule has 10 heteroatoms. The number of hydrogen-bond acceptors (Lipinski definition) is 7. The second kappa shape index (κ2) is 4.17. The van der Waals surface area contributed by atoms with E-state index in [4.69, 9.17) is 4.42 Å². The van der Waals surface area contributed by atoms with Crippen LogP contribution in [0.4, 0.5) is 6.01 Å². The molecule has 0 aromatic carbocycles. The highest BCUT2D eigenvalue weighted by molar-refractivity contribution is 7.94. The number of H-pyrrole nitrogens is 1. The van der Waals surface area contributed by atoms with Crippen LogP contribution in [0.2, 0.25) is 0 Å². The highest BCUT2D eigenvalue weighted by Gasteiger charge is 2.30. The molecular formula is C9H10N4O4S2. The highest BCUT2D eigenvalue weighted by Crippen LogP contribution is 2.39. The van der Waals surface area contributed by atoms with Crippen molar-refractivity contribution in [2.75, 3.05) is 4.72 Å². The first-order chi connectivity index (χ1) is 8.95. The third kappa shape index (κ3) is 2.40. The molecule has 0 bridgehead atoms. The molecule has 0 spiro atoms. The molecule has 1 fully saturated rings. The van der Waals surface area contributed by atoms with Crippen LogP contribution in [0.1, 0.15) is 30.3 Å². The topological polar surface area (TPSA) is 118 Å². The van der Waals surface area contributed by atoms with Gasteiger partial charge < -0.3 is 9.40 Å². The number of nitrogens with zero attached hydrogens (tertiary/aromatic N) is 2. The molecule has 2 N–H and O–H groups in total. The van der Waals surface area contributed by atoms with Crippen LogP contribution < -0.4 is 9.60 Å². The van der Waals surface area contributed by atoms with Gasteiger partial charge in [0.1, 0.15) is 0 Å². The van der Waals surface area contributed by atoms with Crippen LogP contribution in [0, 0.1) is 6.92 Å². The predicted octanol–water partition coefficient (Wildman–Crippen LogP) is 0.806. The molecule has 1 saturated carbocycles. The lowest BCUT2D eigenvalue weighted by atomic mass is 10.4. The average Bonchev–Trinajstić information content (AvgIpc) is 2.97. The van der Waals surface area contributed by atoms with E-state index in [9.17, 15) is 13.2 Å². The lowest BCUT2D eigenvalue weighted by molar-refractivity contribution is 0.510. The summed E-state index contributed by atoms with van der Waals surface area (Å²) >= 11 is 0.615. The average molecular weight is 302 g/mol. The third-order valence-electron chi connectivity index (χ3n) is 2.61. The van der Waals surface area contributed by atoms with E-state index in [1.54, 1.807) is 0 Å². The number of thiazole rings is 1. The Balaban J connectivity index is 1.88. The minimum Gasteiger partial charge on any atom is -0.407 e. The van der Waals surface area contributed by atoms with Crippen LogP contribution in [0.15, 0.2) is 13.4 Å². The SMILES string of the molecule is Cc1[nH]c(=O)sc1S(=O)(=O)Nc1nnc(C2CC2)o1. The second-order valence-corrected chi connectivity index (χ2v) is 7.11. The summed E-state index contributed by atoms with van der Waals surface area (Å²) < 4.78 is 31.4. The number of sulfonamides is 1. The van der Waals surface area contributed by atoms with Crippen LogP contribution in [0.25, 0.3) is 0 Å². The van der Waals surface area contributed by atoms with Crippen molar-refractivity contribution >= 4 is 27.4 Å². The van der Waals surface area contributed by atoms with Gasteiger partial charge in [-0.15, -0.1) is 5.10 Å². The van der Waals surface area contributed by atoms with Crippen LogP contribution in [-0.2, 0) is 10.0 Å². The Hall–Kier alpha value is -1.68. The van der Waals surface area contributed by atoms with E-state index in [1.807, 2.05) is 0 Å². The number of hydrogen-bond donors (Lipinski definition) is 2. The van der Waals surface area contributed by atoms with Crippen LogP contribution >= 0.6 is 11.3 Å². The van der Waals surface area contributed by atoms with E-state index in [0.717, 1.165) is 12.8 Å². The number of nitrogens with one attached hydrogen (secondary N) is 2. The van der Waals surface area contributed by atoms with E-state index in [0.29, 0.717) is 17.2 Å². The van der Waals surface area contributed by atoms with Crippen molar-refractivity contribution in [1.29, 1.82) is 0 Å². The van der Waals surface area contributed by atoms with Gasteiger partial charge in [0, 0.05) is 11.6 Å². The summed E-state index contributed by atoms with van der Waals surface area (Å²) in [6.45, 7) is 1.51. The molecule has 1 aliphatic carbocycles. The van der Waals surface area contributed by atoms with Crippen molar-refractivity contribution in [3.05, 3.63) is 21.3 Å². The molecule has 0 amide bonds. The van der Waals surface area contributed by atoms with E-state index in [1.165, 1.54) is 6.92 Å². The molecule has 102 valence electrons. The molecule has 19 heavy (non-hydrogen) atoms. The quantitative estimate of drug-likeness (QED) is 0.862. The van der Waals surface area contributed by atoms with E-state index in [-0.39, 0.29) is 21.8 Å². The van der Waals surface area contributed by atoms with Gasteiger partial charge in [-0.25, -0.2) is 13.1 Å². The Kier molecular flexibility index (Phi) is 2.71. The van der Waals surface area contributed by atoms with Crippen molar-refractivity contribution in [3.8, 4) is 0 Å². The summed E-state index contributed by atoms with van der Waals surface area (Å²) in [6, 6.07) is -0.179. The predicted molar refractivity (Wildman–Crippen MR) is 66.8 cm³/mol. The van der Waals surface area contributed by atoms with Crippen molar-refractivity contribution in [2.45, 2.75) is 29.9 Å². The lowest BCUT2D eigenvalue weighted by Crippen LogP contribution is -2.12. The molecule has 8 nitrogen and oxygen atoms in total. The van der Waals surface area contributed by atoms with Gasteiger partial charge in [-0.3, -0.25) is 4.79 Å². The smallest absolute Gasteiger partial charge is 0.329 e. The molecule has 0 aliphatic heterocycles. The van der Waals surface area contributed by atoms with Gasteiger partial charge in [-0.05, 0) is 19.8 Å². The molecule has 0 radical (unpaired) electrons. The molecular weight excluding hydrogens is 292 g/mol. The van der Waals surface area contributed by atoms with Crippen LogP contribution in [-0.4, -0.2) is 23.6 Å². The summed E-state index contributed by atoms with van der Waals surface area (Å²) in [4.78, 5) is 13.1. The van der Waals surface area contributed by atoms with E-state index >= 15 is 0 Å². The lowest BCUT2D eigenvalue weighted by Gasteiger charge is -2.01. The molecule has 2 heterocycles. The summed E-state index contributed by atoms with van der Waals surface area (Å²) in [5, 5.41) is 7.41. The van der Waals surface area contributed by atoms with Gasteiger partial charge in [-0.2, -0.15) is 0 Å². The molecule has 0 atom stereocenters. The Labute approximate surface area is 111 Å². The standard InChI is InChI=1S/C9H10N4O4S2/c1-4-7(18-9(14)10-4)19(15,16)13-8-12-11-6(17-8)5-2-3-5/h5H,2-3H2,1H3,(H,10,14)(H,12,13). The Morgan fingerprint density at radius 2 is 2.16 bits per heavy atom. The largest absolute Gasteiger partial charge is 0.407 e. The Morgan fingerprint density at radius 1 is 1.42 bits per heavy atom. The minimum absolute atomic E-state index is 0.0799. The first-order valence-electron chi connectivity index (χ1n) is 5.51. The Bertz CT molecular complexity index is 768. The highest BCUT2D eigenvalue weighted by atomic mass is 32.2. The van der Waals surface area contributed by atoms with Crippen molar-refractivity contribution in [1.82, 2.24) is 15.2 Å². The number of rotatable bonds is 4. The van der Waals surface area contributed by atoms with Gasteiger partial charge in [0.2, 0.25) is 5.89 Å². The van der Waals surface area contributed by atoms with Crippen LogP contribution in [0.5, 0.6) is 0 Å². The third-order valence-corrected chi connectivity index (χ3v) is 5.54. The molecule has 1 aliphatic rings. The van der Waals surface area contributed by atoms with Gasteiger partial charge >= 0.3 is 10.9 Å². The van der Waals surface area contributed by atoms with Gasteiger partial charge in [0.05, 0.1) is 0 Å². The minimum atomic E-state index is -3.87. The van der Waals surface area contributed by atoms with Gasteiger partial charge in [-0.1, -0.05) is 16.4 Å². The molecule has 2 aromatic rings. The molecule has 2 aromatic heterocycles. The fourth-order valence-electron chi connectivity index (χ4n) is 1.58. The van der Waals surface area contributed by atoms with E-state index in [2.05, 4.69) is 19.9 Å². The monoisotopic (exact) mass is 302 g/mol. The van der Waals surface area contributed by atoms with Crippen molar-refractivity contribution < 1.29 is 12.8 Å². The maximum absolute atomic E-state index is 12.0. The zero-order valence-electron chi connectivity index (χ0n) is 9.84. The molecule has 0 saturated heterocycles. The van der Waals surface area contributed by atoms with Crippen LogP contribution in [0.3, 0.4) is 0 Å². The van der Waals surface area contributed by atoms with Crippen molar-refractivity contribution in [2.24, 2.45) is 0 Å². The first-order valence-corrected chi connectivity index (χ1v) is 7.81. The molecule has 3 rings (SSSR count). The zero-order valence-corrected chi connectivity index (χ0v) is 11.5. The van der Waals surface area contributed by atoms with E-state index < -0.39 is 14.9 Å². The second-order valence-electron chi connectivity index (χ2n) is 4.25. The number of aromatic nitrogens is 3. The maximum atomic E-state index is 12.0. The van der Waals surface area contributed by atoms with Gasteiger partial charge in [0.25, 0.3) is 10.0 Å². The fraction of sp³-hybridized carbons (Fsp3) is 0.444. The molecule has 0 unspecified atom stereocenters. The Morgan fingerprint density at radius 3 is 2.74 bits per heavy atom. The summed E-state index contributed by atoms with van der Waals surface area (Å²) in [7, 11) is -3.87. The normalized spacial score (nSPS) is 15.6. The maximum Gasteiger partial charge on any atom is 0.329 e. The summed E-state index contributed by atoms with van der Waals surface area (Å²) in [6.07, 6.45) is 1.96. The number of anilines is 1. The number of aryl methyl sites for hydroxylation is 1. The first kappa shape index (κ1) is 12.4. The van der Waals surface area contributed by atoms with Crippen molar-refractivity contribution in [3.63, 3.8) is 0 Å². The van der Waals surface area contributed by atoms with Gasteiger partial charge in [0.15, 0.2) is 4.21 Å². The summed E-state index contributed by atoms with van der Waals surface area (Å²) in [5.74, 6) is 0.687.